The van der Waals surface area contributed by atoms with Gasteiger partial charge >= 0.3 is 0 Å². The molecule has 8 bridgehead atoms. The van der Waals surface area contributed by atoms with Crippen molar-refractivity contribution in [2.75, 3.05) is 0 Å². The molecule has 1 aliphatic rings. The Morgan fingerprint density at radius 1 is 0.283 bits per heavy atom. The molecule has 0 atom stereocenters. The fourth-order valence-electron chi connectivity index (χ4n) is 9.12. The van der Waals surface area contributed by atoms with E-state index in [1.54, 1.807) is 0 Å². The molecule has 8 aromatic carbocycles. The number of hydrogen-bond donors (Lipinski definition) is 8. The highest BCUT2D eigenvalue weighted by molar-refractivity contribution is 7.86. The summed E-state index contributed by atoms with van der Waals surface area (Å²) < 4.78 is 134. The van der Waals surface area contributed by atoms with E-state index in [1.165, 1.54) is 0 Å². The van der Waals surface area contributed by atoms with Crippen molar-refractivity contribution in [3.63, 3.8) is 0 Å². The first-order valence-electron chi connectivity index (χ1n) is 25.1. The Kier molecular flexibility index (Phi) is 17.6. The zero-order valence-corrected chi connectivity index (χ0v) is 48.8. The lowest BCUT2D eigenvalue weighted by Gasteiger charge is -2.18. The van der Waals surface area contributed by atoms with Crippen molar-refractivity contribution in [1.29, 1.82) is 0 Å². The average molecular weight is 1340 g/mol. The first-order valence-corrected chi connectivity index (χ1v) is 30.9. The monoisotopic (exact) mass is 1340 g/mol. The maximum atomic E-state index is 12.2. The molecule has 0 aliphatic heterocycles. The maximum Gasteiger partial charge on any atom is 0.298 e. The molecule has 36 nitrogen and oxygen atoms in total. The molecule has 40 heteroatoms. The SMILES string of the molecule is O=[N+]([O-])c1cc(S(=O)(=O)O)ccc1N=Nc1cc2c(O)c(c1)Cc1cc(N=Nc3ccc(S(=O)(=O)O)cc3[N+](=O)[O-])cc(c1O)Cc1cc(N=Nc3ccc(S(=O)(=O)O)cc3[N+](=O)[O-])cc(c1O)Cc1cc(N=Nc3ccc(S(=O)(=O)O)cc3[N+](=O)[O-])cc(c1O)C2. The highest BCUT2D eigenvalue weighted by Gasteiger charge is 2.27. The van der Waals surface area contributed by atoms with Gasteiger partial charge in [0.2, 0.25) is 0 Å². The van der Waals surface area contributed by atoms with Crippen molar-refractivity contribution in [2.24, 2.45) is 40.9 Å². The van der Waals surface area contributed by atoms with Crippen molar-refractivity contribution < 1.29 is 92.0 Å². The number of azo groups is 4. The number of aromatic hydroxyl groups is 4. The van der Waals surface area contributed by atoms with Crippen LogP contribution in [0.4, 0.5) is 68.2 Å². The largest absolute Gasteiger partial charge is 0.507 e. The van der Waals surface area contributed by atoms with Crippen LogP contribution < -0.4 is 0 Å². The quantitative estimate of drug-likeness (QED) is 0.0193. The van der Waals surface area contributed by atoms with Crippen LogP contribution in [0.25, 0.3) is 0 Å². The van der Waals surface area contributed by atoms with Gasteiger partial charge < -0.3 is 20.4 Å². The fourth-order valence-corrected chi connectivity index (χ4v) is 11.1. The Morgan fingerprint density at radius 3 is 0.587 bits per heavy atom. The number of fused-ring (bicyclic) bond motifs is 8. The lowest BCUT2D eigenvalue weighted by molar-refractivity contribution is -0.384. The van der Waals surface area contributed by atoms with Crippen LogP contribution in [-0.4, -0.2) is 92.0 Å². The lowest BCUT2D eigenvalue weighted by atomic mass is 9.90. The second-order valence-corrected chi connectivity index (χ2v) is 25.2. The van der Waals surface area contributed by atoms with Crippen molar-refractivity contribution >= 4 is 109 Å². The summed E-state index contributed by atoms with van der Waals surface area (Å²) in [7, 11) is -19.9. The third-order valence-electron chi connectivity index (χ3n) is 13.4. The Labute approximate surface area is 513 Å². The fraction of sp³-hybridized carbons (Fsp3) is 0.0769. The van der Waals surface area contributed by atoms with Crippen molar-refractivity contribution in [3.05, 3.63) is 206 Å². The molecular weight excluding hydrogens is 1300 g/mol. The molecule has 9 rings (SSSR count). The van der Waals surface area contributed by atoms with Crippen LogP contribution in [0.3, 0.4) is 0 Å². The van der Waals surface area contributed by atoms with Gasteiger partial charge in [-0.25, -0.2) is 0 Å². The predicted molar refractivity (Wildman–Crippen MR) is 312 cm³/mol. The van der Waals surface area contributed by atoms with Gasteiger partial charge in [0.15, 0.2) is 22.7 Å². The van der Waals surface area contributed by atoms with Crippen molar-refractivity contribution in [3.8, 4) is 23.0 Å². The van der Waals surface area contributed by atoms with Crippen LogP contribution in [0.2, 0.25) is 0 Å². The van der Waals surface area contributed by atoms with Crippen LogP contribution in [-0.2, 0) is 66.2 Å². The summed E-state index contributed by atoms with van der Waals surface area (Å²) in [6, 6.07) is 17.7. The molecule has 472 valence electrons. The normalized spacial score (nSPS) is 13.1. The van der Waals surface area contributed by atoms with E-state index in [2.05, 4.69) is 40.9 Å². The summed E-state index contributed by atoms with van der Waals surface area (Å²) in [5, 5.41) is 130. The number of phenolic OH excluding ortho intramolecular Hbond substituents is 4. The minimum atomic E-state index is -4.98. The van der Waals surface area contributed by atoms with Gasteiger partial charge in [0.25, 0.3) is 63.2 Å². The Hall–Kier alpha value is -11.4. The molecule has 0 saturated carbocycles. The second-order valence-electron chi connectivity index (χ2n) is 19.5. The van der Waals surface area contributed by atoms with Crippen LogP contribution in [0.1, 0.15) is 44.5 Å². The van der Waals surface area contributed by atoms with E-state index in [-0.39, 0.29) is 67.3 Å². The van der Waals surface area contributed by atoms with Crippen LogP contribution in [0.5, 0.6) is 23.0 Å². The Balaban J connectivity index is 1.29. The minimum Gasteiger partial charge on any atom is -0.507 e. The summed E-state index contributed by atoms with van der Waals surface area (Å²) in [4.78, 5) is 40.9. The lowest BCUT2D eigenvalue weighted by Crippen LogP contribution is -2.01. The summed E-state index contributed by atoms with van der Waals surface area (Å²) >= 11 is 0. The summed E-state index contributed by atoms with van der Waals surface area (Å²) in [5.74, 6) is -2.46. The zero-order chi connectivity index (χ0) is 67.1. The van der Waals surface area contributed by atoms with Gasteiger partial charge in [-0.2, -0.15) is 54.1 Å². The van der Waals surface area contributed by atoms with Gasteiger partial charge in [-0.1, -0.05) is 0 Å². The van der Waals surface area contributed by atoms with E-state index < -0.39 is 174 Å². The van der Waals surface area contributed by atoms with E-state index in [1.807, 2.05) is 0 Å². The molecule has 0 radical (unpaired) electrons. The predicted octanol–water partition coefficient (Wildman–Crippen LogP) is 11.5. The molecule has 8 N–H and O–H groups in total. The Morgan fingerprint density at radius 2 is 0.446 bits per heavy atom. The second kappa shape index (κ2) is 24.9. The van der Waals surface area contributed by atoms with Gasteiger partial charge in [0.1, 0.15) is 42.6 Å². The molecule has 0 aromatic heterocycles. The molecule has 92 heavy (non-hydrogen) atoms. The molecule has 8 aromatic rings. The molecule has 0 spiro atoms. The molecule has 0 fully saturated rings. The summed E-state index contributed by atoms with van der Waals surface area (Å²) in [6.45, 7) is 0. The van der Waals surface area contributed by atoms with Crippen LogP contribution in [0.15, 0.2) is 182 Å². The molecule has 0 unspecified atom stereocenters. The van der Waals surface area contributed by atoms with Crippen LogP contribution in [0, 0.1) is 40.5 Å². The number of rotatable bonds is 16. The van der Waals surface area contributed by atoms with Gasteiger partial charge in [0, 0.05) is 94.5 Å². The highest BCUT2D eigenvalue weighted by Crippen LogP contribution is 2.45. The molecule has 0 heterocycles. The molecule has 1 aliphatic carbocycles. The van der Waals surface area contributed by atoms with Gasteiger partial charge in [-0.15, -0.1) is 20.5 Å². The van der Waals surface area contributed by atoms with E-state index in [0.29, 0.717) is 24.3 Å². The van der Waals surface area contributed by atoms with Gasteiger partial charge in [-0.05, 0) is 97.1 Å². The number of nitro groups is 4. The van der Waals surface area contributed by atoms with E-state index in [0.717, 1.165) is 97.1 Å². The maximum absolute atomic E-state index is 12.2. The molecular formula is C52H36N12O24S4. The number of nitro benzene ring substituents is 4. The first kappa shape index (κ1) is 65.1. The topological polar surface area (TPSA) is 570 Å². The standard InChI is InChI=1S/C52H36N12O24S4/c65-49-25-9-27-15-34(54-58-42-6-2-38(90(80,81)82)22-46(42)62(71)72)17-29(50(27)66)11-31-19-36(56-60-44-8-4-40(92(86,87)88)24-48(44)64(75)76)20-32(52(31)68)12-30-18-35(55-59-43-7-3-39(91(83,84)85)23-47(43)63(73)74)16-28(51(30)67)10-26(49)14-33(13-25)53-57-41-5-1-37(89(77,78)79)21-45(41)61(69)70/h1-8,13-24,65-68H,9-12H2,(H,77,78,79)(H,80,81,82)(H,83,84,85)(H,86,87,88). The van der Waals surface area contributed by atoms with E-state index >= 15 is 0 Å². The molecule has 0 amide bonds. The number of phenols is 4. The first-order chi connectivity index (χ1) is 43.0. The number of benzene rings is 8. The number of hydrogen-bond acceptors (Lipinski definition) is 28. The highest BCUT2D eigenvalue weighted by atomic mass is 32.2. The van der Waals surface area contributed by atoms with Gasteiger partial charge in [-0.3, -0.25) is 58.7 Å². The average Bonchev–Trinajstić information content (AvgIpc) is 0.925. The zero-order valence-electron chi connectivity index (χ0n) is 45.5. The van der Waals surface area contributed by atoms with Crippen molar-refractivity contribution in [1.82, 2.24) is 0 Å². The summed E-state index contributed by atoms with van der Waals surface area (Å²) in [5.41, 5.74) is -8.62. The van der Waals surface area contributed by atoms with E-state index in [4.69, 9.17) is 0 Å². The Bertz CT molecular complexity index is 4410. The van der Waals surface area contributed by atoms with Crippen LogP contribution >= 0.6 is 0 Å². The summed E-state index contributed by atoms with van der Waals surface area (Å²) in [6.07, 6.45) is -2.40. The number of nitrogens with zero attached hydrogens (tertiary/aromatic N) is 12. The van der Waals surface area contributed by atoms with E-state index in [9.17, 15) is 113 Å². The van der Waals surface area contributed by atoms with Crippen molar-refractivity contribution in [2.45, 2.75) is 45.3 Å². The third-order valence-corrected chi connectivity index (χ3v) is 16.8. The third kappa shape index (κ3) is 14.5. The molecule has 0 saturated heterocycles. The smallest absolute Gasteiger partial charge is 0.298 e. The van der Waals surface area contributed by atoms with Gasteiger partial charge in [0.05, 0.1) is 42.4 Å². The minimum absolute atomic E-state index is 0.186.